The molecule has 0 aliphatic carbocycles. The van der Waals surface area contributed by atoms with Crippen LogP contribution in [0.25, 0.3) is 22.2 Å². The highest BCUT2D eigenvalue weighted by Gasteiger charge is 2.27. The first kappa shape index (κ1) is 20.8. The minimum atomic E-state index is -1.46. The van der Waals surface area contributed by atoms with Crippen LogP contribution in [-0.2, 0) is 16.1 Å². The highest BCUT2D eigenvalue weighted by atomic mass is 19.1. The molecular formula is C25H23FN2O3. The molecule has 0 radical (unpaired) electrons. The van der Waals surface area contributed by atoms with E-state index in [1.165, 1.54) is 13.2 Å². The molecule has 0 bridgehead atoms. The number of hydrogen-bond acceptors (Lipinski definition) is 4. The lowest BCUT2D eigenvalue weighted by Crippen LogP contribution is -2.17. The number of ether oxygens (including phenoxy) is 1. The molecule has 4 rings (SSSR count). The minimum Gasteiger partial charge on any atom is -0.467 e. The second kappa shape index (κ2) is 8.32. The van der Waals surface area contributed by atoms with Gasteiger partial charge in [-0.3, -0.25) is 0 Å². The molecule has 0 saturated heterocycles. The van der Waals surface area contributed by atoms with E-state index < -0.39 is 12.1 Å². The van der Waals surface area contributed by atoms with Gasteiger partial charge in [0.2, 0.25) is 0 Å². The Bertz CT molecular complexity index is 1260. The number of aliphatic hydroxyl groups excluding tert-OH is 1. The summed E-state index contributed by atoms with van der Waals surface area (Å²) in [6, 6.07) is 16.4. The fourth-order valence-electron chi connectivity index (χ4n) is 3.86. The van der Waals surface area contributed by atoms with Gasteiger partial charge >= 0.3 is 5.97 Å². The van der Waals surface area contributed by atoms with Crippen LogP contribution in [-0.4, -0.2) is 27.7 Å². The Labute approximate surface area is 179 Å². The van der Waals surface area contributed by atoms with Crippen LogP contribution in [0.4, 0.5) is 4.39 Å². The third-order valence-corrected chi connectivity index (χ3v) is 5.47. The number of pyridine rings is 1. The van der Waals surface area contributed by atoms with Crippen LogP contribution in [0, 0.1) is 19.7 Å². The average Bonchev–Trinajstić information content (AvgIpc) is 3.16. The number of halogens is 1. The smallest absolute Gasteiger partial charge is 0.339 e. The Morgan fingerprint density at radius 1 is 1.13 bits per heavy atom. The lowest BCUT2D eigenvalue weighted by molar-refractivity contribution is -0.150. The van der Waals surface area contributed by atoms with E-state index in [0.717, 1.165) is 16.5 Å². The summed E-state index contributed by atoms with van der Waals surface area (Å²) in [7, 11) is 1.24. The molecule has 0 amide bonds. The molecule has 2 aromatic carbocycles. The predicted molar refractivity (Wildman–Crippen MR) is 117 cm³/mol. The van der Waals surface area contributed by atoms with Crippen molar-refractivity contribution in [3.63, 3.8) is 0 Å². The number of benzene rings is 2. The summed E-state index contributed by atoms with van der Waals surface area (Å²) in [6.07, 6.45) is 0.378. The largest absolute Gasteiger partial charge is 0.467 e. The molecule has 1 atom stereocenters. The maximum atomic E-state index is 14.2. The van der Waals surface area contributed by atoms with Gasteiger partial charge in [-0.1, -0.05) is 48.0 Å². The summed E-state index contributed by atoms with van der Waals surface area (Å²) in [6.45, 7) is 4.06. The zero-order valence-corrected chi connectivity index (χ0v) is 17.6. The van der Waals surface area contributed by atoms with Gasteiger partial charge in [-0.2, -0.15) is 0 Å². The first-order valence-electron chi connectivity index (χ1n) is 9.96. The zero-order chi connectivity index (χ0) is 22.1. The maximum Gasteiger partial charge on any atom is 0.339 e. The Hall–Kier alpha value is -3.51. The molecule has 0 aliphatic heterocycles. The number of carbonyl (C=O) groups excluding carboxylic acids is 1. The van der Waals surface area contributed by atoms with Gasteiger partial charge in [0.1, 0.15) is 11.5 Å². The van der Waals surface area contributed by atoms with Crippen molar-refractivity contribution in [2.45, 2.75) is 26.5 Å². The Morgan fingerprint density at radius 3 is 2.52 bits per heavy atom. The van der Waals surface area contributed by atoms with Gasteiger partial charge in [-0.15, -0.1) is 0 Å². The second-order valence-corrected chi connectivity index (χ2v) is 7.55. The van der Waals surface area contributed by atoms with Crippen molar-refractivity contribution >= 4 is 17.0 Å². The number of aryl methyl sites for hydroxylation is 2. The quantitative estimate of drug-likeness (QED) is 0.477. The third-order valence-electron chi connectivity index (χ3n) is 5.47. The highest BCUT2D eigenvalue weighted by Crippen LogP contribution is 2.37. The lowest BCUT2D eigenvalue weighted by Gasteiger charge is -2.18. The molecule has 4 aromatic rings. The molecule has 0 fully saturated rings. The summed E-state index contributed by atoms with van der Waals surface area (Å²) in [5, 5.41) is 11.5. The molecule has 2 aromatic heterocycles. The molecule has 1 unspecified atom stereocenters. The van der Waals surface area contributed by atoms with Crippen molar-refractivity contribution in [3.05, 3.63) is 89.0 Å². The molecule has 158 valence electrons. The molecule has 1 N–H and O–H groups in total. The monoisotopic (exact) mass is 418 g/mol. The van der Waals surface area contributed by atoms with Gasteiger partial charge < -0.3 is 14.4 Å². The van der Waals surface area contributed by atoms with Crippen molar-refractivity contribution < 1.29 is 19.0 Å². The standard InChI is InChI=1S/C25H23FN2O3/c1-15-8-10-17(11-9-15)22-19-12-13-28(14-18-6-4-5-7-20(18)26)24(19)27-16(2)21(22)23(29)25(30)31-3/h4-13,23,29H,14H2,1-3H3. The topological polar surface area (TPSA) is 64.3 Å². The van der Waals surface area contributed by atoms with Gasteiger partial charge in [0, 0.05) is 34.0 Å². The average molecular weight is 418 g/mol. The summed E-state index contributed by atoms with van der Waals surface area (Å²) in [5.74, 6) is -1.03. The number of aliphatic hydroxyl groups is 1. The van der Waals surface area contributed by atoms with Crippen LogP contribution in [0.1, 0.15) is 28.5 Å². The molecule has 2 heterocycles. The molecule has 5 nitrogen and oxygen atoms in total. The number of methoxy groups -OCH3 is 1. The van der Waals surface area contributed by atoms with Crippen LogP contribution in [0.5, 0.6) is 0 Å². The van der Waals surface area contributed by atoms with Crippen LogP contribution in [0.3, 0.4) is 0 Å². The van der Waals surface area contributed by atoms with E-state index in [-0.39, 0.29) is 5.82 Å². The van der Waals surface area contributed by atoms with Crippen molar-refractivity contribution in [2.24, 2.45) is 0 Å². The summed E-state index contributed by atoms with van der Waals surface area (Å²) in [4.78, 5) is 16.9. The number of carbonyl (C=O) groups is 1. The maximum absolute atomic E-state index is 14.2. The SMILES string of the molecule is COC(=O)C(O)c1c(C)nc2c(ccn2Cc2ccccc2F)c1-c1ccc(C)cc1. The lowest BCUT2D eigenvalue weighted by atomic mass is 9.92. The molecule has 6 heteroatoms. The molecule has 31 heavy (non-hydrogen) atoms. The van der Waals surface area contributed by atoms with Gasteiger partial charge in [-0.05, 0) is 31.5 Å². The Kier molecular flexibility index (Phi) is 5.57. The highest BCUT2D eigenvalue weighted by molar-refractivity contribution is 5.98. The van der Waals surface area contributed by atoms with E-state index in [9.17, 15) is 14.3 Å². The van der Waals surface area contributed by atoms with E-state index in [1.807, 2.05) is 48.0 Å². The van der Waals surface area contributed by atoms with Crippen molar-refractivity contribution in [3.8, 4) is 11.1 Å². The summed E-state index contributed by atoms with van der Waals surface area (Å²) in [5.41, 5.74) is 4.78. The second-order valence-electron chi connectivity index (χ2n) is 7.55. The number of esters is 1. The van der Waals surface area contributed by atoms with Crippen LogP contribution in [0.15, 0.2) is 60.8 Å². The Morgan fingerprint density at radius 2 is 1.84 bits per heavy atom. The predicted octanol–water partition coefficient (Wildman–Crippen LogP) is 4.71. The van der Waals surface area contributed by atoms with Crippen molar-refractivity contribution in [1.82, 2.24) is 9.55 Å². The minimum absolute atomic E-state index is 0.280. The number of fused-ring (bicyclic) bond motifs is 1. The van der Waals surface area contributed by atoms with E-state index >= 15 is 0 Å². The first-order valence-corrected chi connectivity index (χ1v) is 9.96. The van der Waals surface area contributed by atoms with E-state index in [1.54, 1.807) is 25.1 Å². The molecule has 0 aliphatic rings. The molecule has 0 spiro atoms. The number of nitrogens with zero attached hydrogens (tertiary/aromatic N) is 2. The third kappa shape index (κ3) is 3.82. The normalized spacial score (nSPS) is 12.2. The Balaban J connectivity index is 1.95. The molecule has 0 saturated carbocycles. The van der Waals surface area contributed by atoms with Gasteiger partial charge in [0.05, 0.1) is 13.7 Å². The first-order chi connectivity index (χ1) is 14.9. The van der Waals surface area contributed by atoms with Crippen molar-refractivity contribution in [2.75, 3.05) is 7.11 Å². The zero-order valence-electron chi connectivity index (χ0n) is 17.6. The summed E-state index contributed by atoms with van der Waals surface area (Å²) < 4.78 is 20.9. The van der Waals surface area contributed by atoms with Gasteiger partial charge in [0.15, 0.2) is 6.10 Å². The van der Waals surface area contributed by atoms with Crippen molar-refractivity contribution in [1.29, 1.82) is 0 Å². The van der Waals surface area contributed by atoms with Gasteiger partial charge in [-0.25, -0.2) is 14.2 Å². The van der Waals surface area contributed by atoms with Crippen LogP contribution in [0.2, 0.25) is 0 Å². The van der Waals surface area contributed by atoms with Crippen LogP contribution >= 0.6 is 0 Å². The molecular weight excluding hydrogens is 395 g/mol. The van der Waals surface area contributed by atoms with E-state index in [4.69, 9.17) is 4.74 Å². The fourth-order valence-corrected chi connectivity index (χ4v) is 3.86. The summed E-state index contributed by atoms with van der Waals surface area (Å²) >= 11 is 0. The fraction of sp³-hybridized carbons (Fsp3) is 0.200. The van der Waals surface area contributed by atoms with E-state index in [2.05, 4.69) is 4.98 Å². The van der Waals surface area contributed by atoms with Crippen LogP contribution < -0.4 is 0 Å². The number of hydrogen-bond donors (Lipinski definition) is 1. The van der Waals surface area contributed by atoms with Gasteiger partial charge in [0.25, 0.3) is 0 Å². The van der Waals surface area contributed by atoms with E-state index in [0.29, 0.717) is 34.6 Å². The number of aromatic nitrogens is 2. The number of rotatable bonds is 5.